The van der Waals surface area contributed by atoms with E-state index in [4.69, 9.17) is 10.8 Å². The number of hydrogen-bond donors (Lipinski definition) is 2. The van der Waals surface area contributed by atoms with Crippen LogP contribution >= 0.6 is 0 Å². The highest BCUT2D eigenvalue weighted by Crippen LogP contribution is 2.33. The van der Waals surface area contributed by atoms with Gasteiger partial charge in [0, 0.05) is 18.7 Å². The average molecular weight is 240 g/mol. The molecule has 8 nitrogen and oxygen atoms in total. The van der Waals surface area contributed by atoms with Gasteiger partial charge in [0.1, 0.15) is 5.56 Å². The maximum atomic E-state index is 10.9. The summed E-state index contributed by atoms with van der Waals surface area (Å²) < 4.78 is 4.54. The molecule has 0 aromatic heterocycles. The van der Waals surface area contributed by atoms with Crippen LogP contribution in [0.3, 0.4) is 0 Å². The molecular formula is C9H8N2O6. The van der Waals surface area contributed by atoms with Gasteiger partial charge in [-0.05, 0) is 6.07 Å². The molecule has 0 aliphatic rings. The Labute approximate surface area is 94.7 Å². The summed E-state index contributed by atoms with van der Waals surface area (Å²) in [6.07, 6.45) is 0. The molecule has 0 heterocycles. The highest BCUT2D eigenvalue weighted by Gasteiger charge is 2.25. The fourth-order valence-corrected chi connectivity index (χ4v) is 1.18. The number of ether oxygens (including phenoxy) is 1. The molecular weight excluding hydrogens is 232 g/mol. The Bertz CT molecular complexity index is 475. The SMILES string of the molecule is CC(=O)Oc1c(C(=O)O)cc(N)cc1[N+](=O)[O-]. The van der Waals surface area contributed by atoms with Crippen LogP contribution in [-0.2, 0) is 4.79 Å². The minimum atomic E-state index is -1.48. The Kier molecular flexibility index (Phi) is 3.27. The number of nitrogen functional groups attached to an aromatic ring is 1. The van der Waals surface area contributed by atoms with E-state index in [0.717, 1.165) is 19.1 Å². The predicted octanol–water partition coefficient (Wildman–Crippen LogP) is 0.800. The zero-order valence-electron chi connectivity index (χ0n) is 8.67. The normalized spacial score (nSPS) is 9.71. The number of carboxylic acids is 1. The average Bonchev–Trinajstić information content (AvgIpc) is 2.18. The first-order valence-corrected chi connectivity index (χ1v) is 4.32. The first-order valence-electron chi connectivity index (χ1n) is 4.32. The number of esters is 1. The molecule has 0 aliphatic heterocycles. The number of benzene rings is 1. The number of nitrogens with two attached hydrogens (primary N) is 1. The van der Waals surface area contributed by atoms with E-state index >= 15 is 0 Å². The topological polar surface area (TPSA) is 133 Å². The number of nitro benzene ring substituents is 1. The van der Waals surface area contributed by atoms with Crippen molar-refractivity contribution in [2.45, 2.75) is 6.92 Å². The van der Waals surface area contributed by atoms with Gasteiger partial charge in [-0.2, -0.15) is 0 Å². The monoisotopic (exact) mass is 240 g/mol. The lowest BCUT2D eigenvalue weighted by Crippen LogP contribution is -2.10. The summed E-state index contributed by atoms with van der Waals surface area (Å²) in [5.74, 6) is -2.96. The molecule has 1 rings (SSSR count). The Hall–Kier alpha value is -2.64. The van der Waals surface area contributed by atoms with Crippen LogP contribution in [0.5, 0.6) is 5.75 Å². The Morgan fingerprint density at radius 1 is 1.47 bits per heavy atom. The fourth-order valence-electron chi connectivity index (χ4n) is 1.18. The van der Waals surface area contributed by atoms with E-state index in [9.17, 15) is 19.7 Å². The second-order valence-corrected chi connectivity index (χ2v) is 3.07. The molecule has 0 saturated heterocycles. The third-order valence-corrected chi connectivity index (χ3v) is 1.76. The van der Waals surface area contributed by atoms with Gasteiger partial charge in [-0.1, -0.05) is 0 Å². The zero-order chi connectivity index (χ0) is 13.2. The van der Waals surface area contributed by atoms with Gasteiger partial charge in [0.15, 0.2) is 0 Å². The van der Waals surface area contributed by atoms with E-state index in [2.05, 4.69) is 4.74 Å². The lowest BCUT2D eigenvalue weighted by atomic mass is 10.1. The molecule has 0 bridgehead atoms. The van der Waals surface area contributed by atoms with Crippen molar-refractivity contribution in [3.8, 4) is 5.75 Å². The maximum absolute atomic E-state index is 10.9. The van der Waals surface area contributed by atoms with Crippen LogP contribution in [0.15, 0.2) is 12.1 Å². The van der Waals surface area contributed by atoms with Gasteiger partial charge in [-0.3, -0.25) is 14.9 Å². The van der Waals surface area contributed by atoms with Crippen LogP contribution in [0.25, 0.3) is 0 Å². The number of rotatable bonds is 3. The molecule has 0 radical (unpaired) electrons. The van der Waals surface area contributed by atoms with Gasteiger partial charge in [0.25, 0.3) is 0 Å². The van der Waals surface area contributed by atoms with Crippen molar-refractivity contribution in [3.63, 3.8) is 0 Å². The summed E-state index contributed by atoms with van der Waals surface area (Å²) in [5, 5.41) is 19.5. The van der Waals surface area contributed by atoms with Crippen LogP contribution in [0.1, 0.15) is 17.3 Å². The number of carbonyl (C=O) groups is 2. The third kappa shape index (κ3) is 2.68. The van der Waals surface area contributed by atoms with Crippen LogP contribution in [-0.4, -0.2) is 22.0 Å². The molecule has 3 N–H and O–H groups in total. The van der Waals surface area contributed by atoms with Gasteiger partial charge >= 0.3 is 17.6 Å². The minimum Gasteiger partial charge on any atom is -0.478 e. The van der Waals surface area contributed by atoms with E-state index in [-0.39, 0.29) is 5.69 Å². The number of anilines is 1. The summed E-state index contributed by atoms with van der Waals surface area (Å²) in [7, 11) is 0. The summed E-state index contributed by atoms with van der Waals surface area (Å²) in [5.41, 5.74) is 4.02. The van der Waals surface area contributed by atoms with Crippen molar-refractivity contribution < 1.29 is 24.4 Å². The molecule has 1 aromatic carbocycles. The molecule has 1 aromatic rings. The van der Waals surface area contributed by atoms with Crippen molar-refractivity contribution in [3.05, 3.63) is 27.8 Å². The largest absolute Gasteiger partial charge is 0.478 e. The van der Waals surface area contributed by atoms with Gasteiger partial charge < -0.3 is 15.6 Å². The summed E-state index contributed by atoms with van der Waals surface area (Å²) in [4.78, 5) is 31.5. The molecule has 0 fully saturated rings. The van der Waals surface area contributed by atoms with Gasteiger partial charge in [0.05, 0.1) is 4.92 Å². The summed E-state index contributed by atoms with van der Waals surface area (Å²) in [6.45, 7) is 1.01. The molecule has 0 spiro atoms. The van der Waals surface area contributed by atoms with Crippen LogP contribution in [0.4, 0.5) is 11.4 Å². The van der Waals surface area contributed by atoms with Crippen LogP contribution < -0.4 is 10.5 Å². The first kappa shape index (κ1) is 12.4. The van der Waals surface area contributed by atoms with Gasteiger partial charge in [-0.25, -0.2) is 4.79 Å². The number of hydrogen-bond acceptors (Lipinski definition) is 6. The Morgan fingerprint density at radius 3 is 2.47 bits per heavy atom. The molecule has 17 heavy (non-hydrogen) atoms. The predicted molar refractivity (Wildman–Crippen MR) is 55.8 cm³/mol. The summed E-state index contributed by atoms with van der Waals surface area (Å²) >= 11 is 0. The third-order valence-electron chi connectivity index (χ3n) is 1.76. The van der Waals surface area contributed by atoms with Crippen LogP contribution in [0.2, 0.25) is 0 Å². The molecule has 8 heteroatoms. The quantitative estimate of drug-likeness (QED) is 0.262. The van der Waals surface area contributed by atoms with E-state index in [1.165, 1.54) is 0 Å². The second kappa shape index (κ2) is 4.47. The second-order valence-electron chi connectivity index (χ2n) is 3.07. The van der Waals surface area contributed by atoms with E-state index in [1.54, 1.807) is 0 Å². The van der Waals surface area contributed by atoms with Crippen molar-refractivity contribution in [1.29, 1.82) is 0 Å². The molecule has 0 atom stereocenters. The summed E-state index contributed by atoms with van der Waals surface area (Å²) in [6, 6.07) is 1.90. The fraction of sp³-hybridized carbons (Fsp3) is 0.111. The van der Waals surface area contributed by atoms with Crippen molar-refractivity contribution >= 4 is 23.3 Å². The first-order chi connectivity index (χ1) is 7.82. The van der Waals surface area contributed by atoms with Crippen molar-refractivity contribution in [2.75, 3.05) is 5.73 Å². The Balaban J connectivity index is 3.52. The Morgan fingerprint density at radius 2 is 2.06 bits per heavy atom. The smallest absolute Gasteiger partial charge is 0.339 e. The molecule has 0 aliphatic carbocycles. The van der Waals surface area contributed by atoms with Gasteiger partial charge in [-0.15, -0.1) is 0 Å². The maximum Gasteiger partial charge on any atom is 0.339 e. The van der Waals surface area contributed by atoms with E-state index < -0.39 is 33.9 Å². The molecule has 0 amide bonds. The minimum absolute atomic E-state index is 0.106. The van der Waals surface area contributed by atoms with Crippen molar-refractivity contribution in [2.24, 2.45) is 0 Å². The standard InChI is InChI=1S/C9H8N2O6/c1-4(12)17-8-6(9(13)14)2-5(10)3-7(8)11(15)16/h2-3H,10H2,1H3,(H,13,14). The lowest BCUT2D eigenvalue weighted by molar-refractivity contribution is -0.385. The number of nitro groups is 1. The molecule has 90 valence electrons. The molecule has 0 unspecified atom stereocenters. The number of aromatic carboxylic acids is 1. The van der Waals surface area contributed by atoms with Gasteiger partial charge in [0.2, 0.25) is 5.75 Å². The number of carboxylic acid groups (broad SMARTS) is 1. The highest BCUT2D eigenvalue weighted by molar-refractivity contribution is 5.95. The van der Waals surface area contributed by atoms with Crippen molar-refractivity contribution in [1.82, 2.24) is 0 Å². The van der Waals surface area contributed by atoms with E-state index in [1.807, 2.05) is 0 Å². The number of nitrogens with zero attached hydrogens (tertiary/aromatic N) is 1. The lowest BCUT2D eigenvalue weighted by Gasteiger charge is -2.07. The highest BCUT2D eigenvalue weighted by atomic mass is 16.6. The van der Waals surface area contributed by atoms with E-state index in [0.29, 0.717) is 0 Å². The zero-order valence-corrected chi connectivity index (χ0v) is 8.67. The molecule has 0 saturated carbocycles. The number of carbonyl (C=O) groups excluding carboxylic acids is 1. The van der Waals surface area contributed by atoms with Crippen LogP contribution in [0, 0.1) is 10.1 Å².